The largest absolute Gasteiger partial charge is 0.463 e. The van der Waals surface area contributed by atoms with Crippen molar-refractivity contribution >= 4 is 23.9 Å². The van der Waals surface area contributed by atoms with Gasteiger partial charge >= 0.3 is 23.9 Å². The van der Waals surface area contributed by atoms with E-state index in [1.165, 1.54) is 12.2 Å². The first-order chi connectivity index (χ1) is 26.0. The summed E-state index contributed by atoms with van der Waals surface area (Å²) in [7, 11) is 0. The van der Waals surface area contributed by atoms with E-state index in [9.17, 15) is 19.2 Å². The molecular weight excluding hydrogens is 696 g/mol. The maximum absolute atomic E-state index is 11.2. The zero-order valence-electron chi connectivity index (χ0n) is 33.2. The van der Waals surface area contributed by atoms with Crippen LogP contribution in [0.3, 0.4) is 0 Å². The van der Waals surface area contributed by atoms with Crippen LogP contribution in [0.1, 0.15) is 117 Å². The molecule has 0 aromatic rings. The van der Waals surface area contributed by atoms with Crippen LogP contribution in [-0.2, 0) is 57.1 Å². The van der Waals surface area contributed by atoms with Crippen molar-refractivity contribution < 1.29 is 57.1 Å². The molecule has 0 aromatic carbocycles. The third-order valence-electron chi connectivity index (χ3n) is 8.80. The Morgan fingerprint density at radius 3 is 0.870 bits per heavy atom. The van der Waals surface area contributed by atoms with Gasteiger partial charge in [0, 0.05) is 49.7 Å². The van der Waals surface area contributed by atoms with Gasteiger partial charge in [-0.15, -0.1) is 0 Å². The fourth-order valence-corrected chi connectivity index (χ4v) is 5.59. The van der Waals surface area contributed by atoms with Crippen molar-refractivity contribution in [2.75, 3.05) is 52.9 Å². The summed E-state index contributed by atoms with van der Waals surface area (Å²) in [5.41, 5.74) is 0.864. The molecule has 2 saturated carbocycles. The van der Waals surface area contributed by atoms with Gasteiger partial charge in [-0.05, 0) is 117 Å². The molecule has 2 fully saturated rings. The van der Waals surface area contributed by atoms with E-state index in [4.69, 9.17) is 37.9 Å². The van der Waals surface area contributed by atoms with Crippen molar-refractivity contribution in [3.63, 3.8) is 0 Å². The van der Waals surface area contributed by atoms with E-state index in [2.05, 4.69) is 26.3 Å². The van der Waals surface area contributed by atoms with Crippen molar-refractivity contribution in [1.82, 2.24) is 0 Å². The van der Waals surface area contributed by atoms with Crippen molar-refractivity contribution in [3.8, 4) is 0 Å². The minimum atomic E-state index is -0.373. The Bertz CT molecular complexity index is 1020. The van der Waals surface area contributed by atoms with E-state index in [-0.39, 0.29) is 23.9 Å². The van der Waals surface area contributed by atoms with Crippen molar-refractivity contribution in [2.45, 2.75) is 141 Å². The van der Waals surface area contributed by atoms with Crippen LogP contribution >= 0.6 is 0 Å². The van der Waals surface area contributed by atoms with E-state index in [1.54, 1.807) is 13.8 Å². The second kappa shape index (κ2) is 32.0. The predicted octanol–water partition coefficient (Wildman–Crippen LogP) is 7.48. The topological polar surface area (TPSA) is 142 Å². The highest BCUT2D eigenvalue weighted by molar-refractivity contribution is 5.87. The number of rotatable bonds is 28. The van der Waals surface area contributed by atoms with Crippen LogP contribution in [0.5, 0.6) is 0 Å². The smallest absolute Gasteiger partial charge is 0.333 e. The molecule has 308 valence electrons. The predicted molar refractivity (Wildman–Crippen MR) is 207 cm³/mol. The fourth-order valence-electron chi connectivity index (χ4n) is 5.59. The zero-order valence-corrected chi connectivity index (χ0v) is 33.2. The van der Waals surface area contributed by atoms with Crippen LogP contribution < -0.4 is 0 Å². The van der Waals surface area contributed by atoms with Crippen LogP contribution in [0, 0.1) is 0 Å². The Kier molecular flexibility index (Phi) is 28.8. The number of ether oxygens (including phenoxy) is 8. The Morgan fingerprint density at radius 2 is 0.648 bits per heavy atom. The van der Waals surface area contributed by atoms with Gasteiger partial charge < -0.3 is 37.9 Å². The van der Waals surface area contributed by atoms with Crippen LogP contribution in [0.15, 0.2) is 49.6 Å². The van der Waals surface area contributed by atoms with Gasteiger partial charge in [-0.25, -0.2) is 19.2 Å². The van der Waals surface area contributed by atoms with E-state index < -0.39 is 0 Å². The van der Waals surface area contributed by atoms with E-state index >= 15 is 0 Å². The Balaban J connectivity index is 0.000000541. The third-order valence-corrected chi connectivity index (χ3v) is 8.80. The van der Waals surface area contributed by atoms with Gasteiger partial charge in [0.2, 0.25) is 0 Å². The SMILES string of the molecule is C=C(C)C(=O)OCCCCOC1CCC(OCCCCOC(=O)C(=C)C)CC1.C=CC(=O)OCCCCOC1CCC(OCCCCOC(=O)C=C)CC1. The summed E-state index contributed by atoms with van der Waals surface area (Å²) in [4.78, 5) is 44.3. The Hall–Kier alpha value is -3.32. The van der Waals surface area contributed by atoms with Gasteiger partial charge in [-0.1, -0.05) is 26.3 Å². The van der Waals surface area contributed by atoms with Crippen LogP contribution in [-0.4, -0.2) is 101 Å². The molecule has 2 aliphatic carbocycles. The highest BCUT2D eigenvalue weighted by Gasteiger charge is 2.23. The first-order valence-electron chi connectivity index (χ1n) is 19.8. The van der Waals surface area contributed by atoms with Gasteiger partial charge in [0.25, 0.3) is 0 Å². The lowest BCUT2D eigenvalue weighted by atomic mass is 9.95. The van der Waals surface area contributed by atoms with Crippen LogP contribution in [0.25, 0.3) is 0 Å². The summed E-state index contributed by atoms with van der Waals surface area (Å²) in [5, 5.41) is 0. The quantitative estimate of drug-likeness (QED) is 0.0337. The van der Waals surface area contributed by atoms with Crippen LogP contribution in [0.2, 0.25) is 0 Å². The van der Waals surface area contributed by atoms with Gasteiger partial charge in [-0.3, -0.25) is 0 Å². The Morgan fingerprint density at radius 1 is 0.426 bits per heavy atom. The molecule has 0 bridgehead atoms. The average Bonchev–Trinajstić information content (AvgIpc) is 3.17. The monoisotopic (exact) mass is 764 g/mol. The zero-order chi connectivity index (χ0) is 39.8. The lowest BCUT2D eigenvalue weighted by molar-refractivity contribution is -0.140. The highest BCUT2D eigenvalue weighted by Crippen LogP contribution is 2.25. The number of hydrogen-bond acceptors (Lipinski definition) is 12. The highest BCUT2D eigenvalue weighted by atomic mass is 16.5. The fraction of sp³-hybridized carbons (Fsp3) is 0.714. The molecular formula is C42H68O12. The number of hydrogen-bond donors (Lipinski definition) is 0. The molecule has 12 nitrogen and oxygen atoms in total. The average molecular weight is 765 g/mol. The summed E-state index contributed by atoms with van der Waals surface area (Å²) in [6, 6.07) is 0. The summed E-state index contributed by atoms with van der Waals surface area (Å²) < 4.78 is 43.5. The number of carbonyl (C=O) groups excluding carboxylic acids is 4. The molecule has 0 radical (unpaired) electrons. The standard InChI is InChI=1S/C22H36O6.C20H32O6/c1-17(2)21(23)27-15-7-5-13-25-19-9-11-20(12-10-19)26-14-6-8-16-28-22(24)18(3)4;1-3-19(21)25-15-7-5-13-23-17-9-11-18(12-10-17)24-14-6-8-16-26-20(22)4-2/h19-20H,1,3,5-16H2,2,4H3;3-4,17-18H,1-2,5-16H2. The Labute approximate surface area is 323 Å². The molecule has 0 saturated heterocycles. The van der Waals surface area contributed by atoms with E-state index in [0.717, 1.165) is 103 Å². The normalized spacial score (nSPS) is 19.3. The number of carbonyl (C=O) groups is 4. The molecule has 0 aliphatic heterocycles. The summed E-state index contributed by atoms with van der Waals surface area (Å²) in [6.07, 6.45) is 18.5. The molecule has 54 heavy (non-hydrogen) atoms. The maximum Gasteiger partial charge on any atom is 0.333 e. The molecule has 2 rings (SSSR count). The maximum atomic E-state index is 11.2. The van der Waals surface area contributed by atoms with E-state index in [1.807, 2.05) is 0 Å². The van der Waals surface area contributed by atoms with Gasteiger partial charge in [-0.2, -0.15) is 0 Å². The summed E-state index contributed by atoms with van der Waals surface area (Å²) in [6.45, 7) is 21.6. The third kappa shape index (κ3) is 26.5. The minimum Gasteiger partial charge on any atom is -0.463 e. The van der Waals surface area contributed by atoms with Gasteiger partial charge in [0.15, 0.2) is 0 Å². The molecule has 0 N–H and O–H groups in total. The number of unbranched alkanes of at least 4 members (excludes halogenated alkanes) is 4. The second-order valence-electron chi connectivity index (χ2n) is 13.7. The second-order valence-corrected chi connectivity index (χ2v) is 13.7. The lowest BCUT2D eigenvalue weighted by Gasteiger charge is -2.28. The minimum absolute atomic E-state index is 0.305. The molecule has 12 heteroatoms. The van der Waals surface area contributed by atoms with Gasteiger partial charge in [0.05, 0.1) is 50.8 Å². The summed E-state index contributed by atoms with van der Waals surface area (Å²) >= 11 is 0. The molecule has 0 spiro atoms. The number of esters is 4. The first-order valence-corrected chi connectivity index (χ1v) is 19.8. The van der Waals surface area contributed by atoms with E-state index in [0.29, 0.717) is 88.4 Å². The lowest BCUT2D eigenvalue weighted by Crippen LogP contribution is -2.27. The van der Waals surface area contributed by atoms with Crippen molar-refractivity contribution in [1.29, 1.82) is 0 Å². The molecule has 0 heterocycles. The summed E-state index contributed by atoms with van der Waals surface area (Å²) in [5.74, 6) is -1.40. The molecule has 2 aliphatic rings. The van der Waals surface area contributed by atoms with Crippen LogP contribution in [0.4, 0.5) is 0 Å². The molecule has 0 unspecified atom stereocenters. The molecule has 0 amide bonds. The van der Waals surface area contributed by atoms with Crippen molar-refractivity contribution in [3.05, 3.63) is 49.6 Å². The first kappa shape index (κ1) is 48.7. The molecule has 0 atom stereocenters. The molecule has 0 aromatic heterocycles. The van der Waals surface area contributed by atoms with Gasteiger partial charge in [0.1, 0.15) is 0 Å². The van der Waals surface area contributed by atoms with Crippen molar-refractivity contribution in [2.24, 2.45) is 0 Å².